The highest BCUT2D eigenvalue weighted by molar-refractivity contribution is 14.1. The highest BCUT2D eigenvalue weighted by atomic mass is 127. The number of halogens is 1. The van der Waals surface area contributed by atoms with Crippen molar-refractivity contribution in [2.75, 3.05) is 13.2 Å². The van der Waals surface area contributed by atoms with Gasteiger partial charge in [-0.05, 0) is 33.4 Å². The van der Waals surface area contributed by atoms with E-state index in [-0.39, 0.29) is 39.6 Å². The van der Waals surface area contributed by atoms with Gasteiger partial charge in [0.15, 0.2) is 12.6 Å². The van der Waals surface area contributed by atoms with E-state index in [1.807, 2.05) is 182 Å². The second-order valence-corrected chi connectivity index (χ2v) is 18.4. The molecule has 13 heteroatoms. The third-order valence-corrected chi connectivity index (χ3v) is 12.9. The van der Waals surface area contributed by atoms with Crippen LogP contribution in [-0.2, 0) is 86.1 Å². The van der Waals surface area contributed by atoms with Crippen molar-refractivity contribution in [3.63, 3.8) is 0 Å². The summed E-state index contributed by atoms with van der Waals surface area (Å²) in [5.74, 6) is 0. The molecular weight excluding hydrogens is 978 g/mol. The Kier molecular flexibility index (Phi) is 19.8. The SMILES string of the molecule is OC1[C@H](OC2[C@H]([O][Al][I])OC(COCc3ccccc3)[C@H](OCc3ccccc3)[C@@H]2OCc2ccccc2)OC(COCc2ccccc2)[C@H](OCc2ccccc2)[C@@H]1OCc1ccccc1. The minimum Gasteiger partial charge on any atom is -0.474 e. The molecule has 2 saturated heterocycles. The third-order valence-electron chi connectivity index (χ3n) is 11.6. The molecule has 67 heavy (non-hydrogen) atoms. The van der Waals surface area contributed by atoms with Gasteiger partial charge >= 0.3 is 12.3 Å². The average Bonchev–Trinajstić information content (AvgIpc) is 3.38. The van der Waals surface area contributed by atoms with Crippen LogP contribution < -0.4 is 0 Å². The lowest BCUT2D eigenvalue weighted by Crippen LogP contribution is -2.66. The summed E-state index contributed by atoms with van der Waals surface area (Å²) in [6.07, 6.45) is -9.08. The minimum atomic E-state index is -1.34. The van der Waals surface area contributed by atoms with Gasteiger partial charge in [-0.3, -0.25) is 0 Å². The molecule has 1 N–H and O–H groups in total. The van der Waals surface area contributed by atoms with Gasteiger partial charge in [0.2, 0.25) is 0 Å². The second-order valence-electron chi connectivity index (χ2n) is 16.4. The van der Waals surface area contributed by atoms with E-state index in [1.165, 1.54) is 0 Å². The molecule has 6 aromatic rings. The van der Waals surface area contributed by atoms with Crippen molar-refractivity contribution < 1.29 is 51.5 Å². The fraction of sp³-hybridized carbons (Fsp3) is 0.333. The maximum atomic E-state index is 12.6. The summed E-state index contributed by atoms with van der Waals surface area (Å²) in [5.41, 5.74) is 5.87. The molecule has 11 nitrogen and oxygen atoms in total. The Balaban J connectivity index is 1.11. The molecule has 0 saturated carbocycles. The summed E-state index contributed by atoms with van der Waals surface area (Å²) >= 11 is 1.66. The zero-order chi connectivity index (χ0) is 45.9. The summed E-state index contributed by atoms with van der Waals surface area (Å²) < 4.78 is 67.1. The molecule has 2 heterocycles. The molecule has 0 spiro atoms. The van der Waals surface area contributed by atoms with Gasteiger partial charge in [0.05, 0.1) is 52.9 Å². The number of hydrogen-bond donors (Lipinski definition) is 1. The molecular formula is C54H57AlIO11. The summed E-state index contributed by atoms with van der Waals surface area (Å²) in [6, 6.07) is 59.6. The Morgan fingerprint density at radius 1 is 0.388 bits per heavy atom. The van der Waals surface area contributed by atoms with Crippen LogP contribution in [-0.4, -0.2) is 92.0 Å². The molecule has 2 aliphatic heterocycles. The van der Waals surface area contributed by atoms with E-state index in [4.69, 9.17) is 46.4 Å². The molecule has 349 valence electrons. The van der Waals surface area contributed by atoms with E-state index in [0.717, 1.165) is 33.4 Å². The predicted molar refractivity (Wildman–Crippen MR) is 261 cm³/mol. The van der Waals surface area contributed by atoms with Crippen LogP contribution in [0.1, 0.15) is 33.4 Å². The van der Waals surface area contributed by atoms with E-state index in [9.17, 15) is 5.11 Å². The lowest BCUT2D eigenvalue weighted by Gasteiger charge is -2.49. The first-order chi connectivity index (χ1) is 33.1. The first kappa shape index (κ1) is 49.6. The van der Waals surface area contributed by atoms with Crippen LogP contribution in [0.2, 0.25) is 0 Å². The van der Waals surface area contributed by atoms with Crippen LogP contribution >= 0.6 is 20.3 Å². The number of aliphatic hydroxyl groups is 1. The van der Waals surface area contributed by atoms with Crippen molar-refractivity contribution >= 4 is 32.5 Å². The van der Waals surface area contributed by atoms with Gasteiger partial charge in [-0.1, -0.05) is 182 Å². The molecule has 10 atom stereocenters. The second kappa shape index (κ2) is 26.8. The van der Waals surface area contributed by atoms with Crippen molar-refractivity contribution in [1.29, 1.82) is 0 Å². The summed E-state index contributed by atoms with van der Waals surface area (Å²) in [6.45, 7) is 1.97. The van der Waals surface area contributed by atoms with Crippen LogP contribution in [0.15, 0.2) is 182 Å². The summed E-state index contributed by atoms with van der Waals surface area (Å²) in [5, 5.41) is 12.6. The molecule has 2 fully saturated rings. The van der Waals surface area contributed by atoms with Gasteiger partial charge in [-0.2, -0.15) is 20.3 Å². The quantitative estimate of drug-likeness (QED) is 0.0464. The van der Waals surface area contributed by atoms with Gasteiger partial charge in [0.1, 0.15) is 48.8 Å². The molecule has 6 aromatic carbocycles. The number of rotatable bonds is 24. The smallest absolute Gasteiger partial charge is 0.474 e. The molecule has 2 aliphatic rings. The third kappa shape index (κ3) is 14.8. The standard InChI is InChI=1S/C54H57O11.Al.HI/c55-47-50(61-35-43-27-15-5-16-28-43)48(59-33-41-23-11-3-12-24-41)46(38-58-32-40-21-9-2-10-22-40)64-54(47)65-52-51(62-36-44-29-17-6-18-30-44)49(60-34-42-25-13-4-14-26-42)45(63-53(52)56)37-57-31-39-19-7-1-8-20-39;;/h1-30,45-55H,31-38H2;;1H/q-1;+2;/p-1/t45?,46?,47?,48-,49-,50+,51-,52?,53+,54-;;/m0../s1. The van der Waals surface area contributed by atoms with Gasteiger partial charge < -0.3 is 51.5 Å². The highest BCUT2D eigenvalue weighted by Gasteiger charge is 2.54. The Hall–Kier alpha value is -3.86. The molecule has 1 radical (unpaired) electrons. The normalized spacial score (nSPS) is 25.1. The topological polar surface area (TPSA) is 113 Å². The van der Waals surface area contributed by atoms with Crippen molar-refractivity contribution in [2.45, 2.75) is 101 Å². The average molecular weight is 1040 g/mol. The van der Waals surface area contributed by atoms with Crippen molar-refractivity contribution in [3.05, 3.63) is 215 Å². The first-order valence-corrected chi connectivity index (χ1v) is 27.3. The summed E-state index contributed by atoms with van der Waals surface area (Å²) in [7, 11) is 0. The fourth-order valence-electron chi connectivity index (χ4n) is 8.20. The number of benzene rings is 6. The van der Waals surface area contributed by atoms with Crippen molar-refractivity contribution in [2.24, 2.45) is 0 Å². The largest absolute Gasteiger partial charge is 0.526 e. The molecule has 0 bridgehead atoms. The number of aliphatic hydroxyl groups excluding tert-OH is 1. The monoisotopic (exact) mass is 1040 g/mol. The Morgan fingerprint density at radius 3 is 1.07 bits per heavy atom. The van der Waals surface area contributed by atoms with Crippen LogP contribution in [0.4, 0.5) is 0 Å². The molecule has 8 rings (SSSR count). The number of hydrogen-bond acceptors (Lipinski definition) is 11. The highest BCUT2D eigenvalue weighted by Crippen LogP contribution is 2.36. The fourth-order valence-corrected chi connectivity index (χ4v) is 9.39. The maximum Gasteiger partial charge on any atom is 0.526 e. The van der Waals surface area contributed by atoms with Crippen LogP contribution in [0, 0.1) is 0 Å². The first-order valence-electron chi connectivity index (χ1n) is 22.7. The lowest BCUT2D eigenvalue weighted by molar-refractivity contribution is -0.371. The van der Waals surface area contributed by atoms with Crippen molar-refractivity contribution in [1.82, 2.24) is 0 Å². The Morgan fingerprint density at radius 2 is 0.701 bits per heavy atom. The maximum absolute atomic E-state index is 12.6. The van der Waals surface area contributed by atoms with Gasteiger partial charge in [-0.15, -0.1) is 0 Å². The molecule has 0 aliphatic carbocycles. The Bertz CT molecular complexity index is 2260. The number of ether oxygens (including phenoxy) is 9. The van der Waals surface area contributed by atoms with Gasteiger partial charge in [0, 0.05) is 0 Å². The Labute approximate surface area is 411 Å². The van der Waals surface area contributed by atoms with Crippen LogP contribution in [0.3, 0.4) is 0 Å². The van der Waals surface area contributed by atoms with E-state index in [0.29, 0.717) is 13.2 Å². The van der Waals surface area contributed by atoms with Gasteiger partial charge in [0.25, 0.3) is 0 Å². The van der Waals surface area contributed by atoms with E-state index in [1.54, 1.807) is 0 Å². The van der Waals surface area contributed by atoms with Crippen LogP contribution in [0.5, 0.6) is 0 Å². The van der Waals surface area contributed by atoms with E-state index < -0.39 is 73.7 Å². The molecule has 4 unspecified atom stereocenters. The predicted octanol–water partition coefficient (Wildman–Crippen LogP) is 8.94. The minimum absolute atomic E-state index is 0.114. The lowest BCUT2D eigenvalue weighted by atomic mass is 9.96. The van der Waals surface area contributed by atoms with Crippen molar-refractivity contribution in [3.8, 4) is 0 Å². The molecule has 0 amide bonds. The zero-order valence-corrected chi connectivity index (χ0v) is 40.5. The zero-order valence-electron chi connectivity index (χ0n) is 37.2. The molecule has 0 aromatic heterocycles. The van der Waals surface area contributed by atoms with Crippen LogP contribution in [0.25, 0.3) is 0 Å². The van der Waals surface area contributed by atoms with Gasteiger partial charge in [-0.25, -0.2) is 0 Å². The summed E-state index contributed by atoms with van der Waals surface area (Å²) in [4.78, 5) is 0. The van der Waals surface area contributed by atoms with E-state index >= 15 is 0 Å². The van der Waals surface area contributed by atoms with E-state index in [2.05, 4.69) is 20.3 Å².